The van der Waals surface area contributed by atoms with Crippen molar-refractivity contribution in [2.24, 2.45) is 0 Å². The largest absolute Gasteiger partial charge is 0.454 e. The number of thioether (sulfide) groups is 1. The van der Waals surface area contributed by atoms with Crippen LogP contribution in [0.5, 0.6) is 0 Å². The predicted octanol–water partition coefficient (Wildman–Crippen LogP) is 3.50. The van der Waals surface area contributed by atoms with Crippen molar-refractivity contribution in [1.29, 1.82) is 0 Å². The number of H-pyrrole nitrogens is 1. The molecule has 1 heterocycles. The highest BCUT2D eigenvalue weighted by Crippen LogP contribution is 2.28. The molecule has 0 saturated carbocycles. The molecule has 2 rings (SSSR count). The molecule has 8 nitrogen and oxygen atoms in total. The van der Waals surface area contributed by atoms with Gasteiger partial charge in [-0.05, 0) is 44.7 Å². The maximum atomic E-state index is 12.3. The number of nitrogens with one attached hydrogen (secondary N) is 1. The SMILES string of the molecule is CSc1ccc(C(=O)OCC(=O)c2[nH]c(C)c(C(C)=O)c2C)cc1[N+](=O)[O-]. The van der Waals surface area contributed by atoms with Gasteiger partial charge in [0.1, 0.15) is 0 Å². The highest BCUT2D eigenvalue weighted by atomic mass is 32.2. The van der Waals surface area contributed by atoms with Crippen molar-refractivity contribution in [3.8, 4) is 0 Å². The lowest BCUT2D eigenvalue weighted by Crippen LogP contribution is -2.15. The molecule has 0 radical (unpaired) electrons. The van der Waals surface area contributed by atoms with Gasteiger partial charge in [-0.1, -0.05) is 0 Å². The van der Waals surface area contributed by atoms with Gasteiger partial charge >= 0.3 is 5.97 Å². The van der Waals surface area contributed by atoms with Crippen LogP contribution < -0.4 is 0 Å². The summed E-state index contributed by atoms with van der Waals surface area (Å²) < 4.78 is 4.99. The third-order valence-electron chi connectivity index (χ3n) is 4.01. The Hall–Kier alpha value is -2.94. The van der Waals surface area contributed by atoms with Crippen LogP contribution in [0.4, 0.5) is 5.69 Å². The summed E-state index contributed by atoms with van der Waals surface area (Å²) in [6.45, 7) is 4.18. The van der Waals surface area contributed by atoms with Crippen LogP contribution in [0.3, 0.4) is 0 Å². The first-order chi connectivity index (χ1) is 12.7. The zero-order valence-electron chi connectivity index (χ0n) is 15.2. The number of rotatable bonds is 7. The molecule has 2 aromatic rings. The molecular weight excluding hydrogens is 372 g/mol. The molecule has 0 aliphatic heterocycles. The minimum absolute atomic E-state index is 0.0175. The van der Waals surface area contributed by atoms with Crippen molar-refractivity contribution in [3.05, 3.63) is 56.4 Å². The van der Waals surface area contributed by atoms with Crippen LogP contribution in [-0.2, 0) is 4.74 Å². The van der Waals surface area contributed by atoms with Gasteiger partial charge in [0, 0.05) is 17.3 Å². The molecule has 27 heavy (non-hydrogen) atoms. The molecule has 0 atom stereocenters. The molecule has 0 aliphatic carbocycles. The van der Waals surface area contributed by atoms with Gasteiger partial charge in [0.25, 0.3) is 5.69 Å². The lowest BCUT2D eigenvalue weighted by molar-refractivity contribution is -0.387. The summed E-state index contributed by atoms with van der Waals surface area (Å²) in [4.78, 5) is 49.9. The molecule has 9 heteroatoms. The number of carbonyl (C=O) groups excluding carboxylic acids is 3. The monoisotopic (exact) mass is 390 g/mol. The lowest BCUT2D eigenvalue weighted by atomic mass is 10.1. The van der Waals surface area contributed by atoms with Crippen molar-refractivity contribution in [3.63, 3.8) is 0 Å². The summed E-state index contributed by atoms with van der Waals surface area (Å²) in [5.74, 6) is -1.50. The van der Waals surface area contributed by atoms with Gasteiger partial charge in [0.15, 0.2) is 12.4 Å². The number of hydrogen-bond acceptors (Lipinski definition) is 7. The van der Waals surface area contributed by atoms with E-state index in [4.69, 9.17) is 4.74 Å². The number of nitro groups is 1. The molecule has 1 aromatic carbocycles. The fourth-order valence-electron chi connectivity index (χ4n) is 2.80. The lowest BCUT2D eigenvalue weighted by Gasteiger charge is -2.06. The molecule has 0 bridgehead atoms. The zero-order chi connectivity index (χ0) is 20.3. The summed E-state index contributed by atoms with van der Waals surface area (Å²) >= 11 is 1.19. The van der Waals surface area contributed by atoms with Gasteiger partial charge in [0.05, 0.1) is 21.1 Å². The van der Waals surface area contributed by atoms with Crippen LogP contribution in [0.2, 0.25) is 0 Å². The van der Waals surface area contributed by atoms with Gasteiger partial charge in [-0.3, -0.25) is 19.7 Å². The number of ether oxygens (including phenoxy) is 1. The highest BCUT2D eigenvalue weighted by molar-refractivity contribution is 7.98. The number of aromatic nitrogens is 1. The second-order valence-electron chi connectivity index (χ2n) is 5.82. The maximum absolute atomic E-state index is 12.3. The van der Waals surface area contributed by atoms with Crippen molar-refractivity contribution >= 4 is 35.0 Å². The fraction of sp³-hybridized carbons (Fsp3) is 0.278. The standard InChI is InChI=1S/C18H18N2O6S/c1-9-16(11(3)21)10(2)19-17(9)14(22)8-26-18(23)12-5-6-15(27-4)13(7-12)20(24)25/h5-7,19H,8H2,1-4H3. The summed E-state index contributed by atoms with van der Waals surface area (Å²) in [6, 6.07) is 3.99. The number of benzene rings is 1. The van der Waals surface area contributed by atoms with Crippen LogP contribution in [0.25, 0.3) is 0 Å². The summed E-state index contributed by atoms with van der Waals surface area (Å²) in [5.41, 5.74) is 1.49. The Morgan fingerprint density at radius 3 is 2.44 bits per heavy atom. The molecule has 1 N–H and O–H groups in total. The smallest absolute Gasteiger partial charge is 0.338 e. The Bertz CT molecular complexity index is 948. The minimum Gasteiger partial charge on any atom is -0.454 e. The second kappa shape index (κ2) is 8.17. The van der Waals surface area contributed by atoms with Gasteiger partial charge in [-0.25, -0.2) is 4.79 Å². The number of hydrogen-bond donors (Lipinski definition) is 1. The van der Waals surface area contributed by atoms with E-state index in [2.05, 4.69) is 4.98 Å². The molecule has 0 spiro atoms. The van der Waals surface area contributed by atoms with E-state index in [0.717, 1.165) is 6.07 Å². The topological polar surface area (TPSA) is 119 Å². The molecule has 0 aliphatic rings. The summed E-state index contributed by atoms with van der Waals surface area (Å²) in [5, 5.41) is 11.1. The Labute approximate surface area is 159 Å². The van der Waals surface area contributed by atoms with Crippen molar-refractivity contribution in [2.75, 3.05) is 12.9 Å². The number of carbonyl (C=O) groups is 3. The van der Waals surface area contributed by atoms with Gasteiger partial charge in [0.2, 0.25) is 5.78 Å². The highest BCUT2D eigenvalue weighted by Gasteiger charge is 2.22. The second-order valence-corrected chi connectivity index (χ2v) is 6.67. The van der Waals surface area contributed by atoms with Gasteiger partial charge < -0.3 is 9.72 Å². The number of ketones is 2. The third-order valence-corrected chi connectivity index (χ3v) is 4.80. The Kier molecular flexibility index (Phi) is 6.17. The van der Waals surface area contributed by atoms with E-state index in [0.29, 0.717) is 21.7 Å². The van der Waals surface area contributed by atoms with E-state index >= 15 is 0 Å². The van der Waals surface area contributed by atoms with Crippen LogP contribution in [-0.4, -0.2) is 40.3 Å². The quantitative estimate of drug-likeness (QED) is 0.252. The molecule has 1 aromatic heterocycles. The molecule has 142 valence electrons. The maximum Gasteiger partial charge on any atom is 0.338 e. The Morgan fingerprint density at radius 2 is 1.93 bits per heavy atom. The number of Topliss-reactive ketones (excluding diaryl/α,β-unsaturated/α-hetero) is 2. The fourth-order valence-corrected chi connectivity index (χ4v) is 3.35. The third kappa shape index (κ3) is 4.25. The average molecular weight is 390 g/mol. The first kappa shape index (κ1) is 20.4. The van der Waals surface area contributed by atoms with E-state index < -0.39 is 23.3 Å². The van der Waals surface area contributed by atoms with Crippen molar-refractivity contribution in [1.82, 2.24) is 4.98 Å². The summed E-state index contributed by atoms with van der Waals surface area (Å²) in [7, 11) is 0. The number of nitrogens with zero attached hydrogens (tertiary/aromatic N) is 1. The number of aryl methyl sites for hydroxylation is 1. The molecule has 0 amide bonds. The van der Waals surface area contributed by atoms with E-state index in [1.165, 1.54) is 30.8 Å². The molecule has 0 fully saturated rings. The van der Waals surface area contributed by atoms with Crippen LogP contribution in [0, 0.1) is 24.0 Å². The minimum atomic E-state index is -0.841. The van der Waals surface area contributed by atoms with Crippen molar-refractivity contribution in [2.45, 2.75) is 25.7 Å². The van der Waals surface area contributed by atoms with Crippen LogP contribution >= 0.6 is 11.8 Å². The van der Waals surface area contributed by atoms with Gasteiger partial charge in [-0.15, -0.1) is 11.8 Å². The normalized spacial score (nSPS) is 10.5. The molecular formula is C18H18N2O6S. The Morgan fingerprint density at radius 1 is 1.26 bits per heavy atom. The average Bonchev–Trinajstić information content (AvgIpc) is 2.93. The number of esters is 1. The van der Waals surface area contributed by atoms with E-state index in [-0.39, 0.29) is 22.7 Å². The van der Waals surface area contributed by atoms with Crippen LogP contribution in [0.1, 0.15) is 49.4 Å². The van der Waals surface area contributed by atoms with Crippen molar-refractivity contribution < 1.29 is 24.0 Å². The number of nitro benzene ring substituents is 1. The summed E-state index contributed by atoms with van der Waals surface area (Å²) in [6.07, 6.45) is 1.69. The zero-order valence-corrected chi connectivity index (χ0v) is 16.1. The van der Waals surface area contributed by atoms with E-state index in [1.54, 1.807) is 20.1 Å². The molecule has 0 unspecified atom stereocenters. The Balaban J connectivity index is 2.15. The molecule has 0 saturated heterocycles. The van der Waals surface area contributed by atoms with E-state index in [1.807, 2.05) is 0 Å². The first-order valence-corrected chi connectivity index (χ1v) is 9.12. The predicted molar refractivity (Wildman–Crippen MR) is 99.8 cm³/mol. The first-order valence-electron chi connectivity index (χ1n) is 7.90. The van der Waals surface area contributed by atoms with E-state index in [9.17, 15) is 24.5 Å². The number of aromatic amines is 1. The van der Waals surface area contributed by atoms with Crippen LogP contribution in [0.15, 0.2) is 23.1 Å². The van der Waals surface area contributed by atoms with Gasteiger partial charge in [-0.2, -0.15) is 0 Å².